The molecule has 2 nitrogen and oxygen atoms in total. The van der Waals surface area contributed by atoms with Crippen LogP contribution in [-0.2, 0) is 4.79 Å². The van der Waals surface area contributed by atoms with Crippen LogP contribution in [-0.4, -0.2) is 10.9 Å². The Bertz CT molecular complexity index is 114. The van der Waals surface area contributed by atoms with E-state index in [1.54, 1.807) is 0 Å². The lowest BCUT2D eigenvalue weighted by Crippen LogP contribution is -1.93. The van der Waals surface area contributed by atoms with Crippen LogP contribution in [0, 0.1) is 0 Å². The van der Waals surface area contributed by atoms with Gasteiger partial charge in [0.1, 0.15) is 0 Å². The highest BCUT2D eigenvalue weighted by Crippen LogP contribution is 1.98. The van der Waals surface area contributed by atoms with Gasteiger partial charge in [-0.3, -0.25) is 4.79 Å². The van der Waals surface area contributed by atoms with E-state index in [1.807, 2.05) is 6.92 Å². The summed E-state index contributed by atoms with van der Waals surface area (Å²) in [7, 11) is 0. The third-order valence-electron chi connectivity index (χ3n) is 0.989. The maximum Gasteiger partial charge on any atom is 0.158 e. The molecule has 0 aromatic heterocycles. The molecule has 0 radical (unpaired) electrons. The normalized spacial score (nSPS) is 11.5. The first kappa shape index (κ1) is 7.21. The quantitative estimate of drug-likeness (QED) is 0.437. The molecular formula is C6H10O2. The van der Waals surface area contributed by atoms with Gasteiger partial charge < -0.3 is 5.11 Å². The Morgan fingerprint density at radius 3 is 2.25 bits per heavy atom. The molecule has 0 rings (SSSR count). The predicted molar refractivity (Wildman–Crippen MR) is 31.7 cm³/mol. The van der Waals surface area contributed by atoms with Gasteiger partial charge in [-0.1, -0.05) is 6.92 Å². The molecule has 0 spiro atoms. The first-order valence-electron chi connectivity index (χ1n) is 2.56. The summed E-state index contributed by atoms with van der Waals surface area (Å²) in [6.07, 6.45) is 1.47. The topological polar surface area (TPSA) is 37.3 Å². The number of aliphatic hydroxyl groups is 1. The summed E-state index contributed by atoms with van der Waals surface area (Å²) in [5.74, 6) is -0.0602. The molecule has 0 bridgehead atoms. The van der Waals surface area contributed by atoms with E-state index < -0.39 is 0 Å². The van der Waals surface area contributed by atoms with Crippen LogP contribution in [0.25, 0.3) is 0 Å². The minimum Gasteiger partial charge on any atom is -0.515 e. The molecule has 0 aliphatic carbocycles. The maximum absolute atomic E-state index is 10.4. The number of ketones is 1. The highest BCUT2D eigenvalue weighted by atomic mass is 16.4. The van der Waals surface area contributed by atoms with Crippen molar-refractivity contribution in [2.24, 2.45) is 0 Å². The summed E-state index contributed by atoms with van der Waals surface area (Å²) < 4.78 is 0. The number of aliphatic hydroxyl groups excluding tert-OH is 1. The van der Waals surface area contributed by atoms with Gasteiger partial charge in [-0.15, -0.1) is 0 Å². The number of rotatable bonds is 2. The summed E-state index contributed by atoms with van der Waals surface area (Å²) in [6.45, 7) is 3.26. The van der Waals surface area contributed by atoms with E-state index in [1.165, 1.54) is 6.92 Å². The van der Waals surface area contributed by atoms with Gasteiger partial charge >= 0.3 is 0 Å². The Balaban J connectivity index is 3.92. The van der Waals surface area contributed by atoms with Crippen molar-refractivity contribution in [1.29, 1.82) is 0 Å². The van der Waals surface area contributed by atoms with Gasteiger partial charge in [0, 0.05) is 5.57 Å². The smallest absolute Gasteiger partial charge is 0.158 e. The number of carbonyl (C=O) groups is 1. The highest BCUT2D eigenvalue weighted by Gasteiger charge is 1.97. The molecule has 0 aliphatic rings. The zero-order chi connectivity index (χ0) is 6.57. The molecule has 0 aliphatic heterocycles. The standard InChI is InChI=1S/C6H10O2/c1-3-6(4-7)5(2)8/h4,7H,3H2,1-2H3/b6-4-/i4+2. The van der Waals surface area contributed by atoms with E-state index in [0.29, 0.717) is 12.0 Å². The molecule has 1 N–H and O–H groups in total. The van der Waals surface area contributed by atoms with Gasteiger partial charge in [0.2, 0.25) is 0 Å². The molecule has 0 atom stereocenters. The largest absolute Gasteiger partial charge is 0.515 e. The first-order chi connectivity index (χ1) is 3.72. The number of carbonyl (C=O) groups excluding carboxylic acids is 1. The van der Waals surface area contributed by atoms with E-state index in [9.17, 15) is 4.79 Å². The molecular weight excluding hydrogens is 106 g/mol. The monoisotopic (exact) mass is 116 g/mol. The lowest BCUT2D eigenvalue weighted by molar-refractivity contribution is -0.113. The van der Waals surface area contributed by atoms with Crippen molar-refractivity contribution in [3.63, 3.8) is 0 Å². The zero-order valence-corrected chi connectivity index (χ0v) is 5.14. The Kier molecular flexibility index (Phi) is 2.92. The SMILES string of the molecule is CC/C(=[14CH]/O)C(C)=O. The number of allylic oxidation sites excluding steroid dienone is 1. The fraction of sp³-hybridized carbons (Fsp3) is 0.500. The number of hydrogen-bond donors (Lipinski definition) is 1. The fourth-order valence-corrected chi connectivity index (χ4v) is 0.431. The van der Waals surface area contributed by atoms with Crippen LogP contribution >= 0.6 is 0 Å². The van der Waals surface area contributed by atoms with Crippen LogP contribution in [0.5, 0.6) is 0 Å². The van der Waals surface area contributed by atoms with Crippen molar-refractivity contribution in [3.05, 3.63) is 11.8 Å². The summed E-state index contributed by atoms with van der Waals surface area (Å²) in [6, 6.07) is 0. The van der Waals surface area contributed by atoms with Gasteiger partial charge in [0.15, 0.2) is 5.78 Å². The highest BCUT2D eigenvalue weighted by molar-refractivity contribution is 5.92. The van der Waals surface area contributed by atoms with Crippen molar-refractivity contribution in [1.82, 2.24) is 0 Å². The Morgan fingerprint density at radius 2 is 2.25 bits per heavy atom. The molecule has 0 heterocycles. The average molecular weight is 116 g/mol. The van der Waals surface area contributed by atoms with E-state index in [4.69, 9.17) is 5.11 Å². The second-order valence-corrected chi connectivity index (χ2v) is 1.56. The zero-order valence-electron chi connectivity index (χ0n) is 5.14. The van der Waals surface area contributed by atoms with E-state index in [2.05, 4.69) is 0 Å². The number of hydrogen-bond acceptors (Lipinski definition) is 2. The minimum absolute atomic E-state index is 0.0602. The molecule has 2 heteroatoms. The summed E-state index contributed by atoms with van der Waals surface area (Å²) >= 11 is 0. The van der Waals surface area contributed by atoms with Crippen molar-refractivity contribution < 1.29 is 9.90 Å². The lowest BCUT2D eigenvalue weighted by atomic mass is 10.2. The molecule has 0 unspecified atom stereocenters. The molecule has 46 valence electrons. The van der Waals surface area contributed by atoms with Gasteiger partial charge in [-0.05, 0) is 13.3 Å². The number of Topliss-reactive ketones (excluding diaryl/α,β-unsaturated/α-hetero) is 1. The third kappa shape index (κ3) is 1.78. The molecule has 0 fully saturated rings. The van der Waals surface area contributed by atoms with E-state index in [-0.39, 0.29) is 5.78 Å². The van der Waals surface area contributed by atoms with Crippen molar-refractivity contribution in [2.45, 2.75) is 20.3 Å². The third-order valence-corrected chi connectivity index (χ3v) is 0.989. The van der Waals surface area contributed by atoms with Crippen LogP contribution in [0.15, 0.2) is 11.8 Å². The summed E-state index contributed by atoms with van der Waals surface area (Å²) in [5, 5.41) is 8.31. The van der Waals surface area contributed by atoms with Gasteiger partial charge in [0.25, 0.3) is 0 Å². The van der Waals surface area contributed by atoms with Gasteiger partial charge in [-0.2, -0.15) is 0 Å². The van der Waals surface area contributed by atoms with Crippen molar-refractivity contribution in [3.8, 4) is 0 Å². The molecule has 0 amide bonds. The fourth-order valence-electron chi connectivity index (χ4n) is 0.431. The first-order valence-corrected chi connectivity index (χ1v) is 2.56. The molecule has 0 saturated carbocycles. The predicted octanol–water partition coefficient (Wildman–Crippen LogP) is 1.43. The van der Waals surface area contributed by atoms with Crippen LogP contribution in [0.4, 0.5) is 0 Å². The Labute approximate surface area is 48.8 Å². The molecule has 0 aromatic carbocycles. The van der Waals surface area contributed by atoms with Gasteiger partial charge in [-0.25, -0.2) is 0 Å². The Morgan fingerprint density at radius 1 is 1.75 bits per heavy atom. The van der Waals surface area contributed by atoms with E-state index >= 15 is 0 Å². The van der Waals surface area contributed by atoms with Crippen molar-refractivity contribution in [2.75, 3.05) is 0 Å². The van der Waals surface area contributed by atoms with Crippen LogP contribution in [0.1, 0.15) is 20.3 Å². The van der Waals surface area contributed by atoms with Crippen LogP contribution in [0.3, 0.4) is 0 Å². The second kappa shape index (κ2) is 3.24. The second-order valence-electron chi connectivity index (χ2n) is 1.56. The maximum atomic E-state index is 10.4. The molecule has 0 aromatic rings. The van der Waals surface area contributed by atoms with Crippen LogP contribution in [0.2, 0.25) is 0 Å². The summed E-state index contributed by atoms with van der Waals surface area (Å²) in [5.41, 5.74) is 0.477. The minimum atomic E-state index is -0.0602. The Hall–Kier alpha value is -0.790. The molecule has 0 saturated heterocycles. The van der Waals surface area contributed by atoms with Gasteiger partial charge in [0.05, 0.1) is 6.26 Å². The van der Waals surface area contributed by atoms with Crippen molar-refractivity contribution >= 4 is 5.78 Å². The van der Waals surface area contributed by atoms with E-state index in [0.717, 1.165) is 6.26 Å². The summed E-state index contributed by atoms with van der Waals surface area (Å²) in [4.78, 5) is 10.4. The molecule has 8 heavy (non-hydrogen) atoms. The lowest BCUT2D eigenvalue weighted by Gasteiger charge is -1.91. The van der Waals surface area contributed by atoms with Crippen LogP contribution < -0.4 is 0 Å². The average Bonchev–Trinajstić information content (AvgIpc) is 1.69.